The fourth-order valence-electron chi connectivity index (χ4n) is 4.81. The van der Waals surface area contributed by atoms with Gasteiger partial charge in [0.1, 0.15) is 0 Å². The molecule has 1 aromatic rings. The van der Waals surface area contributed by atoms with Crippen LogP contribution in [0.1, 0.15) is 50.4 Å². The van der Waals surface area contributed by atoms with Crippen molar-refractivity contribution in [3.8, 4) is 0 Å². The van der Waals surface area contributed by atoms with Crippen LogP contribution in [-0.2, 0) is 19.1 Å². The highest BCUT2D eigenvalue weighted by molar-refractivity contribution is 6.06. The standard InChI is InChI=1S/C20H24N2O5/c1-18(9-19(2)11-20(3,10-18)17(26)22-16(19)25)15(24)21-13-8-6-5-7-12(13)14(23)27-4/h5-8H,9-11H2,1-4H3,(H,21,24)(H,22,25,26). The molecule has 0 spiro atoms. The number of esters is 1. The Hall–Kier alpha value is -2.70. The van der Waals surface area contributed by atoms with Crippen molar-refractivity contribution in [2.75, 3.05) is 12.4 Å². The second-order valence-corrected chi connectivity index (χ2v) is 8.49. The van der Waals surface area contributed by atoms with Gasteiger partial charge in [-0.1, -0.05) is 32.9 Å². The van der Waals surface area contributed by atoms with Gasteiger partial charge in [0.15, 0.2) is 0 Å². The molecule has 2 atom stereocenters. The number of para-hydroxylation sites is 1. The van der Waals surface area contributed by atoms with E-state index in [2.05, 4.69) is 10.6 Å². The number of anilines is 1. The molecule has 3 amide bonds. The van der Waals surface area contributed by atoms with Crippen molar-refractivity contribution in [2.45, 2.75) is 40.0 Å². The number of ether oxygens (including phenoxy) is 1. The summed E-state index contributed by atoms with van der Waals surface area (Å²) >= 11 is 0. The van der Waals surface area contributed by atoms with Gasteiger partial charge in [0.2, 0.25) is 17.7 Å². The summed E-state index contributed by atoms with van der Waals surface area (Å²) in [5, 5.41) is 5.26. The van der Waals surface area contributed by atoms with Gasteiger partial charge in [-0.2, -0.15) is 0 Å². The van der Waals surface area contributed by atoms with Crippen molar-refractivity contribution < 1.29 is 23.9 Å². The van der Waals surface area contributed by atoms with E-state index in [-0.39, 0.29) is 23.3 Å². The molecule has 0 radical (unpaired) electrons. The monoisotopic (exact) mass is 372 g/mol. The molecule has 1 saturated heterocycles. The molecule has 2 fully saturated rings. The molecule has 7 heteroatoms. The Morgan fingerprint density at radius 1 is 1.00 bits per heavy atom. The second kappa shape index (κ2) is 6.18. The Kier molecular flexibility index (Phi) is 4.37. The number of carbonyl (C=O) groups excluding carboxylic acids is 4. The lowest BCUT2D eigenvalue weighted by molar-refractivity contribution is -0.163. The van der Waals surface area contributed by atoms with Gasteiger partial charge >= 0.3 is 5.97 Å². The molecule has 7 nitrogen and oxygen atoms in total. The van der Waals surface area contributed by atoms with Crippen LogP contribution in [-0.4, -0.2) is 30.8 Å². The van der Waals surface area contributed by atoms with Crippen molar-refractivity contribution in [3.05, 3.63) is 29.8 Å². The normalized spacial score (nSPS) is 32.4. The van der Waals surface area contributed by atoms with Crippen LogP contribution in [0.4, 0.5) is 5.69 Å². The molecule has 3 rings (SSSR count). The van der Waals surface area contributed by atoms with E-state index in [9.17, 15) is 19.2 Å². The number of hydrogen-bond acceptors (Lipinski definition) is 5. The van der Waals surface area contributed by atoms with Crippen LogP contribution in [0.25, 0.3) is 0 Å². The summed E-state index contributed by atoms with van der Waals surface area (Å²) in [6, 6.07) is 6.58. The minimum atomic E-state index is -0.932. The van der Waals surface area contributed by atoms with Gasteiger partial charge in [0, 0.05) is 16.2 Å². The van der Waals surface area contributed by atoms with Crippen molar-refractivity contribution >= 4 is 29.4 Å². The number of methoxy groups -OCH3 is 1. The summed E-state index contributed by atoms with van der Waals surface area (Å²) in [7, 11) is 1.27. The van der Waals surface area contributed by atoms with E-state index in [1.807, 2.05) is 0 Å². The maximum atomic E-state index is 13.2. The number of benzene rings is 1. The molecule has 1 aromatic carbocycles. The first-order chi connectivity index (χ1) is 12.5. The zero-order valence-corrected chi connectivity index (χ0v) is 16.0. The summed E-state index contributed by atoms with van der Waals surface area (Å²) in [6.07, 6.45) is 1.06. The first-order valence-corrected chi connectivity index (χ1v) is 8.88. The van der Waals surface area contributed by atoms with E-state index in [4.69, 9.17) is 4.74 Å². The van der Waals surface area contributed by atoms with Gasteiger partial charge in [-0.25, -0.2) is 4.79 Å². The van der Waals surface area contributed by atoms with Crippen molar-refractivity contribution in [1.82, 2.24) is 5.32 Å². The van der Waals surface area contributed by atoms with Crippen LogP contribution in [0.3, 0.4) is 0 Å². The molecular weight excluding hydrogens is 348 g/mol. The van der Waals surface area contributed by atoms with Gasteiger partial charge in [-0.15, -0.1) is 0 Å². The first-order valence-electron chi connectivity index (χ1n) is 8.88. The Morgan fingerprint density at radius 3 is 2.11 bits per heavy atom. The second-order valence-electron chi connectivity index (χ2n) is 8.49. The lowest BCUT2D eigenvalue weighted by atomic mass is 9.52. The average Bonchev–Trinajstić information content (AvgIpc) is 2.59. The number of amides is 3. The lowest BCUT2D eigenvalue weighted by Gasteiger charge is -2.53. The molecule has 2 bridgehead atoms. The lowest BCUT2D eigenvalue weighted by Crippen LogP contribution is -2.63. The highest BCUT2D eigenvalue weighted by Gasteiger charge is 2.60. The number of hydrogen-bond donors (Lipinski definition) is 2. The van der Waals surface area contributed by atoms with E-state index in [1.54, 1.807) is 45.0 Å². The molecule has 2 aliphatic rings. The van der Waals surface area contributed by atoms with Crippen molar-refractivity contribution in [2.24, 2.45) is 16.2 Å². The highest BCUT2D eigenvalue weighted by Crippen LogP contribution is 2.56. The highest BCUT2D eigenvalue weighted by atomic mass is 16.5. The summed E-state index contributed by atoms with van der Waals surface area (Å²) in [5.41, 5.74) is -1.93. The molecule has 0 aromatic heterocycles. The Labute approximate surface area is 157 Å². The topological polar surface area (TPSA) is 102 Å². The minimum Gasteiger partial charge on any atom is -0.465 e. The smallest absolute Gasteiger partial charge is 0.339 e. The fourth-order valence-corrected chi connectivity index (χ4v) is 4.81. The predicted molar refractivity (Wildman–Crippen MR) is 97.7 cm³/mol. The Balaban J connectivity index is 1.92. The maximum absolute atomic E-state index is 13.2. The summed E-state index contributed by atoms with van der Waals surface area (Å²) in [6.45, 7) is 5.35. The van der Waals surface area contributed by atoms with Gasteiger partial charge in [-0.3, -0.25) is 19.7 Å². The zero-order chi connectivity index (χ0) is 20.0. The number of carbonyl (C=O) groups is 4. The van der Waals surface area contributed by atoms with Crippen LogP contribution in [0.5, 0.6) is 0 Å². The average molecular weight is 372 g/mol. The first kappa shape index (κ1) is 19.1. The number of imide groups is 1. The summed E-state index contributed by atoms with van der Waals surface area (Å²) in [5.74, 6) is -1.54. The molecule has 1 aliphatic heterocycles. The minimum absolute atomic E-state index is 0.249. The van der Waals surface area contributed by atoms with Gasteiger partial charge in [0.05, 0.1) is 18.4 Å². The predicted octanol–water partition coefficient (Wildman–Crippen LogP) is 2.27. The van der Waals surface area contributed by atoms with Crippen molar-refractivity contribution in [1.29, 1.82) is 0 Å². The Morgan fingerprint density at radius 2 is 1.56 bits per heavy atom. The molecule has 1 saturated carbocycles. The molecule has 144 valence electrons. The van der Waals surface area contributed by atoms with Crippen LogP contribution >= 0.6 is 0 Å². The van der Waals surface area contributed by atoms with Crippen molar-refractivity contribution in [3.63, 3.8) is 0 Å². The van der Waals surface area contributed by atoms with E-state index >= 15 is 0 Å². The third-order valence-electron chi connectivity index (χ3n) is 5.79. The van der Waals surface area contributed by atoms with E-state index < -0.39 is 22.2 Å². The molecule has 27 heavy (non-hydrogen) atoms. The summed E-state index contributed by atoms with van der Waals surface area (Å²) < 4.78 is 4.76. The number of piperidine rings is 1. The third kappa shape index (κ3) is 3.11. The van der Waals surface area contributed by atoms with Crippen LogP contribution < -0.4 is 10.6 Å². The zero-order valence-electron chi connectivity index (χ0n) is 16.0. The summed E-state index contributed by atoms with van der Waals surface area (Å²) in [4.78, 5) is 49.9. The molecule has 2 unspecified atom stereocenters. The number of rotatable bonds is 3. The molecule has 1 heterocycles. The quantitative estimate of drug-likeness (QED) is 0.626. The van der Waals surface area contributed by atoms with E-state index in [1.165, 1.54) is 7.11 Å². The SMILES string of the molecule is COC(=O)c1ccccc1NC(=O)C1(C)CC2(C)CC(C)(C1)C(=O)NC2=O. The largest absolute Gasteiger partial charge is 0.465 e. The maximum Gasteiger partial charge on any atom is 0.339 e. The van der Waals surface area contributed by atoms with E-state index in [0.717, 1.165) is 0 Å². The van der Waals surface area contributed by atoms with Crippen LogP contribution in [0.2, 0.25) is 0 Å². The van der Waals surface area contributed by atoms with Gasteiger partial charge in [-0.05, 0) is 31.4 Å². The molecule has 1 aliphatic carbocycles. The van der Waals surface area contributed by atoms with Gasteiger partial charge < -0.3 is 10.1 Å². The Bertz CT molecular complexity index is 821. The molecule has 2 N–H and O–H groups in total. The van der Waals surface area contributed by atoms with Crippen LogP contribution in [0, 0.1) is 16.2 Å². The fraction of sp³-hybridized carbons (Fsp3) is 0.500. The van der Waals surface area contributed by atoms with E-state index in [0.29, 0.717) is 24.9 Å². The van der Waals surface area contributed by atoms with Gasteiger partial charge in [0.25, 0.3) is 0 Å². The van der Waals surface area contributed by atoms with Crippen LogP contribution in [0.15, 0.2) is 24.3 Å². The molecular formula is C20H24N2O5. The third-order valence-corrected chi connectivity index (χ3v) is 5.79. The number of nitrogens with one attached hydrogen (secondary N) is 2. The number of fused-ring (bicyclic) bond motifs is 2.